The second-order valence-corrected chi connectivity index (χ2v) is 5.57. The zero-order chi connectivity index (χ0) is 15.8. The molecule has 0 aliphatic heterocycles. The van der Waals surface area contributed by atoms with Gasteiger partial charge in [0, 0.05) is 25.7 Å². The van der Waals surface area contributed by atoms with Crippen molar-refractivity contribution in [2.24, 2.45) is 0 Å². The van der Waals surface area contributed by atoms with Gasteiger partial charge in [-0.15, -0.1) is 0 Å². The molecule has 21 heavy (non-hydrogen) atoms. The first kappa shape index (κ1) is 18.1. The Bertz CT molecular complexity index is 441. The molecule has 0 aliphatic carbocycles. The van der Waals surface area contributed by atoms with Crippen LogP contribution in [0, 0.1) is 0 Å². The van der Waals surface area contributed by atoms with Crippen LogP contribution >= 0.6 is 11.6 Å². The predicted molar refractivity (Wildman–Crippen MR) is 88.6 cm³/mol. The summed E-state index contributed by atoms with van der Waals surface area (Å²) in [6.45, 7) is 7.10. The molecule has 0 radical (unpaired) electrons. The van der Waals surface area contributed by atoms with Crippen molar-refractivity contribution in [2.45, 2.75) is 32.9 Å². The minimum Gasteiger partial charge on any atom is -0.493 e. The number of halogens is 1. The van der Waals surface area contributed by atoms with Gasteiger partial charge in [-0.1, -0.05) is 24.6 Å². The van der Waals surface area contributed by atoms with E-state index in [4.69, 9.17) is 21.1 Å². The van der Waals surface area contributed by atoms with Gasteiger partial charge in [-0.25, -0.2) is 0 Å². The number of hydrogen-bond donors (Lipinski definition) is 1. The molecule has 0 aromatic heterocycles. The van der Waals surface area contributed by atoms with Crippen molar-refractivity contribution in [2.75, 3.05) is 34.4 Å². The Balaban J connectivity index is 2.53. The third-order valence-electron chi connectivity index (χ3n) is 3.87. The number of likely N-dealkylation sites (N-methyl/N-ethyl adjacent to an activating group) is 1. The first-order valence-corrected chi connectivity index (χ1v) is 7.73. The lowest BCUT2D eigenvalue weighted by Crippen LogP contribution is -2.34. The van der Waals surface area contributed by atoms with Crippen LogP contribution < -0.4 is 14.8 Å². The summed E-state index contributed by atoms with van der Waals surface area (Å²) in [6.07, 6.45) is 1.16. The molecule has 0 spiro atoms. The number of ether oxygens (including phenoxy) is 2. The molecular formula is C16H27ClN2O2. The maximum Gasteiger partial charge on any atom is 0.179 e. The highest BCUT2D eigenvalue weighted by Gasteiger charge is 2.13. The molecule has 0 heterocycles. The average Bonchev–Trinajstić information content (AvgIpc) is 2.51. The molecule has 4 nitrogen and oxygen atoms in total. The SMILES string of the molecule is CCC(C)N(C)CCNCc1ccc(OC)c(OC)c1Cl. The lowest BCUT2D eigenvalue weighted by atomic mass is 10.2. The van der Waals surface area contributed by atoms with Crippen molar-refractivity contribution < 1.29 is 9.47 Å². The van der Waals surface area contributed by atoms with Gasteiger partial charge in [0.2, 0.25) is 0 Å². The maximum atomic E-state index is 6.35. The molecule has 0 fully saturated rings. The summed E-state index contributed by atoms with van der Waals surface area (Å²) in [6, 6.07) is 4.46. The molecule has 120 valence electrons. The van der Waals surface area contributed by atoms with E-state index in [0.717, 1.165) is 25.1 Å². The predicted octanol–water partition coefficient (Wildman–Crippen LogP) is 3.18. The Hall–Kier alpha value is -0.970. The molecule has 1 rings (SSSR count). The average molecular weight is 315 g/mol. The van der Waals surface area contributed by atoms with Crippen LogP contribution in [0.25, 0.3) is 0 Å². The second kappa shape index (κ2) is 9.13. The van der Waals surface area contributed by atoms with Crippen LogP contribution in [0.4, 0.5) is 0 Å². The van der Waals surface area contributed by atoms with E-state index in [1.54, 1.807) is 14.2 Å². The lowest BCUT2D eigenvalue weighted by Gasteiger charge is -2.23. The summed E-state index contributed by atoms with van der Waals surface area (Å²) in [5.41, 5.74) is 1.01. The van der Waals surface area contributed by atoms with Gasteiger partial charge in [0.25, 0.3) is 0 Å². The summed E-state index contributed by atoms with van der Waals surface area (Å²) >= 11 is 6.35. The Morgan fingerprint density at radius 2 is 2.00 bits per heavy atom. The van der Waals surface area contributed by atoms with Crippen molar-refractivity contribution in [3.63, 3.8) is 0 Å². The largest absolute Gasteiger partial charge is 0.493 e. The smallest absolute Gasteiger partial charge is 0.179 e. The van der Waals surface area contributed by atoms with E-state index in [1.807, 2.05) is 12.1 Å². The molecule has 0 saturated heterocycles. The molecule has 1 aromatic carbocycles. The van der Waals surface area contributed by atoms with Crippen molar-refractivity contribution in [3.05, 3.63) is 22.7 Å². The molecular weight excluding hydrogens is 288 g/mol. The standard InChI is InChI=1S/C16H27ClN2O2/c1-6-12(2)19(3)10-9-18-11-13-7-8-14(20-4)16(21-5)15(13)17/h7-8,12,18H,6,9-11H2,1-5H3. The maximum absolute atomic E-state index is 6.35. The Labute approximate surface area is 133 Å². The fraction of sp³-hybridized carbons (Fsp3) is 0.625. The minimum atomic E-state index is 0.593. The van der Waals surface area contributed by atoms with E-state index >= 15 is 0 Å². The molecule has 0 amide bonds. The molecule has 0 aliphatic rings. The van der Waals surface area contributed by atoms with Gasteiger partial charge < -0.3 is 19.7 Å². The lowest BCUT2D eigenvalue weighted by molar-refractivity contribution is 0.251. The second-order valence-electron chi connectivity index (χ2n) is 5.19. The van der Waals surface area contributed by atoms with Crippen molar-refractivity contribution in [1.29, 1.82) is 0 Å². The molecule has 0 bridgehead atoms. The van der Waals surface area contributed by atoms with Gasteiger partial charge in [0.1, 0.15) is 0 Å². The van der Waals surface area contributed by atoms with E-state index < -0.39 is 0 Å². The first-order valence-electron chi connectivity index (χ1n) is 7.35. The summed E-state index contributed by atoms with van der Waals surface area (Å²) in [5.74, 6) is 1.25. The van der Waals surface area contributed by atoms with Gasteiger partial charge in [-0.05, 0) is 32.0 Å². The van der Waals surface area contributed by atoms with Crippen LogP contribution in [0.1, 0.15) is 25.8 Å². The van der Waals surface area contributed by atoms with Crippen LogP contribution in [0.5, 0.6) is 11.5 Å². The highest BCUT2D eigenvalue weighted by molar-refractivity contribution is 6.33. The van der Waals surface area contributed by atoms with Crippen molar-refractivity contribution in [1.82, 2.24) is 10.2 Å². The van der Waals surface area contributed by atoms with E-state index in [1.165, 1.54) is 0 Å². The number of hydrogen-bond acceptors (Lipinski definition) is 4. The third kappa shape index (κ3) is 5.06. The van der Waals surface area contributed by atoms with Crippen LogP contribution in [0.2, 0.25) is 5.02 Å². The van der Waals surface area contributed by atoms with Crippen LogP contribution in [-0.2, 0) is 6.54 Å². The van der Waals surface area contributed by atoms with Gasteiger partial charge in [-0.3, -0.25) is 0 Å². The fourth-order valence-corrected chi connectivity index (χ4v) is 2.38. The van der Waals surface area contributed by atoms with Crippen molar-refractivity contribution >= 4 is 11.6 Å². The van der Waals surface area contributed by atoms with Crippen LogP contribution in [-0.4, -0.2) is 45.3 Å². The summed E-state index contributed by atoms with van der Waals surface area (Å²) < 4.78 is 10.5. The molecule has 0 saturated carbocycles. The quantitative estimate of drug-likeness (QED) is 0.710. The van der Waals surface area contributed by atoms with Crippen molar-refractivity contribution in [3.8, 4) is 11.5 Å². The Morgan fingerprint density at radius 1 is 1.29 bits per heavy atom. The summed E-state index contributed by atoms with van der Waals surface area (Å²) in [5, 5.41) is 4.03. The van der Waals surface area contributed by atoms with Gasteiger partial charge in [0.15, 0.2) is 11.5 Å². The number of rotatable bonds is 9. The molecule has 1 N–H and O–H groups in total. The highest BCUT2D eigenvalue weighted by Crippen LogP contribution is 2.37. The monoisotopic (exact) mass is 314 g/mol. The Morgan fingerprint density at radius 3 is 2.57 bits per heavy atom. The van der Waals surface area contributed by atoms with E-state index in [0.29, 0.717) is 29.1 Å². The van der Waals surface area contributed by atoms with Gasteiger partial charge >= 0.3 is 0 Å². The zero-order valence-electron chi connectivity index (χ0n) is 13.7. The van der Waals surface area contributed by atoms with Gasteiger partial charge in [0.05, 0.1) is 19.2 Å². The van der Waals surface area contributed by atoms with Crippen LogP contribution in [0.3, 0.4) is 0 Å². The first-order chi connectivity index (χ1) is 10.0. The third-order valence-corrected chi connectivity index (χ3v) is 4.28. The highest BCUT2D eigenvalue weighted by atomic mass is 35.5. The number of nitrogens with zero attached hydrogens (tertiary/aromatic N) is 1. The summed E-state index contributed by atoms with van der Waals surface area (Å²) in [4.78, 5) is 2.35. The molecule has 1 unspecified atom stereocenters. The normalized spacial score (nSPS) is 12.5. The van der Waals surface area contributed by atoms with Crippen LogP contribution in [0.15, 0.2) is 12.1 Å². The molecule has 1 atom stereocenters. The van der Waals surface area contributed by atoms with E-state index in [9.17, 15) is 0 Å². The molecule has 1 aromatic rings. The van der Waals surface area contributed by atoms with Gasteiger partial charge in [-0.2, -0.15) is 0 Å². The number of benzene rings is 1. The number of nitrogens with one attached hydrogen (secondary N) is 1. The zero-order valence-corrected chi connectivity index (χ0v) is 14.5. The minimum absolute atomic E-state index is 0.593. The topological polar surface area (TPSA) is 33.7 Å². The number of methoxy groups -OCH3 is 2. The Kier molecular flexibility index (Phi) is 7.86. The fourth-order valence-electron chi connectivity index (χ4n) is 2.08. The van der Waals surface area contributed by atoms with E-state index in [2.05, 4.69) is 31.1 Å². The summed E-state index contributed by atoms with van der Waals surface area (Å²) in [7, 11) is 5.36. The molecule has 5 heteroatoms. The van der Waals surface area contributed by atoms with E-state index in [-0.39, 0.29) is 0 Å².